The first-order valence-corrected chi connectivity index (χ1v) is 9.63. The van der Waals surface area contributed by atoms with Crippen molar-refractivity contribution in [3.63, 3.8) is 0 Å². The molecule has 28 heavy (non-hydrogen) atoms. The van der Waals surface area contributed by atoms with Crippen molar-refractivity contribution < 1.29 is 19.1 Å². The van der Waals surface area contributed by atoms with Crippen LogP contribution in [0.1, 0.15) is 18.1 Å². The molecule has 3 amide bonds. The van der Waals surface area contributed by atoms with Gasteiger partial charge in [0.05, 0.1) is 4.91 Å². The summed E-state index contributed by atoms with van der Waals surface area (Å²) in [6, 6.07) is 14.5. The molecular formula is C21H20N2O4S. The summed E-state index contributed by atoms with van der Waals surface area (Å²) in [6.45, 7) is 3.89. The predicted molar refractivity (Wildman–Crippen MR) is 110 cm³/mol. The Morgan fingerprint density at radius 2 is 1.86 bits per heavy atom. The lowest BCUT2D eigenvalue weighted by molar-refractivity contribution is -0.122. The largest absolute Gasteiger partial charge is 0.483 e. The molecule has 3 rings (SSSR count). The van der Waals surface area contributed by atoms with Crippen molar-refractivity contribution in [3.8, 4) is 5.75 Å². The molecule has 0 bridgehead atoms. The zero-order chi connectivity index (χ0) is 20.1. The molecule has 1 fully saturated rings. The summed E-state index contributed by atoms with van der Waals surface area (Å²) < 4.78 is 5.64. The second-order valence-electron chi connectivity index (χ2n) is 6.17. The Hall–Kier alpha value is -3.06. The molecular weight excluding hydrogens is 376 g/mol. The molecule has 144 valence electrons. The first kappa shape index (κ1) is 19.7. The van der Waals surface area contributed by atoms with E-state index in [1.807, 2.05) is 31.2 Å². The van der Waals surface area contributed by atoms with E-state index in [-0.39, 0.29) is 23.7 Å². The number of imide groups is 1. The van der Waals surface area contributed by atoms with Crippen LogP contribution >= 0.6 is 11.8 Å². The van der Waals surface area contributed by atoms with Gasteiger partial charge in [-0.3, -0.25) is 19.3 Å². The van der Waals surface area contributed by atoms with Gasteiger partial charge in [-0.2, -0.15) is 0 Å². The molecule has 1 saturated heterocycles. The van der Waals surface area contributed by atoms with E-state index in [1.165, 1.54) is 4.90 Å². The lowest BCUT2D eigenvalue weighted by atomic mass is 10.2. The molecule has 0 aliphatic carbocycles. The van der Waals surface area contributed by atoms with Crippen LogP contribution in [0.3, 0.4) is 0 Å². The summed E-state index contributed by atoms with van der Waals surface area (Å²) in [4.78, 5) is 37.8. The quantitative estimate of drug-likeness (QED) is 0.745. The number of nitrogens with zero attached hydrogens (tertiary/aromatic N) is 1. The minimum Gasteiger partial charge on any atom is -0.483 e. The van der Waals surface area contributed by atoms with Gasteiger partial charge in [0.25, 0.3) is 17.1 Å². The van der Waals surface area contributed by atoms with Gasteiger partial charge in [-0.05, 0) is 49.9 Å². The Morgan fingerprint density at radius 1 is 1.14 bits per heavy atom. The first-order valence-electron chi connectivity index (χ1n) is 8.81. The lowest BCUT2D eigenvalue weighted by Crippen LogP contribution is -2.27. The van der Waals surface area contributed by atoms with Gasteiger partial charge >= 0.3 is 0 Å². The maximum atomic E-state index is 12.3. The second kappa shape index (κ2) is 8.75. The second-order valence-corrected chi connectivity index (χ2v) is 7.16. The van der Waals surface area contributed by atoms with Crippen LogP contribution < -0.4 is 10.1 Å². The topological polar surface area (TPSA) is 75.7 Å². The summed E-state index contributed by atoms with van der Waals surface area (Å²) in [5.74, 6) is -0.140. The number of para-hydroxylation sites is 1. The van der Waals surface area contributed by atoms with Gasteiger partial charge in [0.15, 0.2) is 6.61 Å². The summed E-state index contributed by atoms with van der Waals surface area (Å²) in [6.07, 6.45) is 1.62. The highest BCUT2D eigenvalue weighted by atomic mass is 32.2. The normalized spacial score (nSPS) is 15.2. The predicted octanol–water partition coefficient (Wildman–Crippen LogP) is 4.07. The smallest absolute Gasteiger partial charge is 0.293 e. The van der Waals surface area contributed by atoms with E-state index in [0.29, 0.717) is 28.5 Å². The lowest BCUT2D eigenvalue weighted by Gasteiger charge is -2.10. The number of carbonyl (C=O) groups excluding carboxylic acids is 3. The third-order valence-corrected chi connectivity index (χ3v) is 5.00. The van der Waals surface area contributed by atoms with Crippen molar-refractivity contribution in [2.75, 3.05) is 18.5 Å². The van der Waals surface area contributed by atoms with Crippen LogP contribution in [0.5, 0.6) is 5.75 Å². The standard InChI is InChI=1S/C21H20N2O4S/c1-3-23-20(25)18(28-21(23)26)12-15-6-4-5-7-17(15)27-13-19(24)22-16-10-8-14(2)9-11-16/h4-12H,3,13H2,1-2H3,(H,22,24)/b18-12+. The highest BCUT2D eigenvalue weighted by molar-refractivity contribution is 8.18. The van der Waals surface area contributed by atoms with Gasteiger partial charge in [0, 0.05) is 17.8 Å². The van der Waals surface area contributed by atoms with E-state index in [9.17, 15) is 14.4 Å². The van der Waals surface area contributed by atoms with Gasteiger partial charge < -0.3 is 10.1 Å². The average molecular weight is 396 g/mol. The van der Waals surface area contributed by atoms with Crippen molar-refractivity contribution in [1.82, 2.24) is 4.90 Å². The van der Waals surface area contributed by atoms with E-state index in [1.54, 1.807) is 37.3 Å². The Morgan fingerprint density at radius 3 is 2.54 bits per heavy atom. The van der Waals surface area contributed by atoms with E-state index in [2.05, 4.69) is 5.32 Å². The van der Waals surface area contributed by atoms with Gasteiger partial charge in [-0.15, -0.1) is 0 Å². The molecule has 0 aromatic heterocycles. The number of hydrogen-bond donors (Lipinski definition) is 1. The number of rotatable bonds is 6. The highest BCUT2D eigenvalue weighted by Crippen LogP contribution is 2.33. The van der Waals surface area contributed by atoms with Crippen molar-refractivity contribution in [1.29, 1.82) is 0 Å². The fourth-order valence-corrected chi connectivity index (χ4v) is 3.52. The molecule has 7 heteroatoms. The summed E-state index contributed by atoms with van der Waals surface area (Å²) in [5, 5.41) is 2.49. The van der Waals surface area contributed by atoms with Crippen molar-refractivity contribution >= 4 is 40.6 Å². The number of likely N-dealkylation sites (N-methyl/N-ethyl adjacent to an activating group) is 1. The molecule has 2 aromatic rings. The van der Waals surface area contributed by atoms with E-state index in [0.717, 1.165) is 17.3 Å². The van der Waals surface area contributed by atoms with E-state index in [4.69, 9.17) is 4.74 Å². The summed E-state index contributed by atoms with van der Waals surface area (Å²) in [7, 11) is 0. The molecule has 1 aliphatic rings. The van der Waals surface area contributed by atoms with E-state index >= 15 is 0 Å². The Labute approximate surface area is 167 Å². The van der Waals surface area contributed by atoms with Gasteiger partial charge in [-0.1, -0.05) is 35.9 Å². The summed E-state index contributed by atoms with van der Waals surface area (Å²) >= 11 is 0.901. The Kier molecular flexibility index (Phi) is 6.16. The number of carbonyl (C=O) groups is 3. The van der Waals surface area contributed by atoms with Crippen LogP contribution in [0.25, 0.3) is 6.08 Å². The molecule has 1 N–H and O–H groups in total. The molecule has 6 nitrogen and oxygen atoms in total. The number of aryl methyl sites for hydroxylation is 1. The van der Waals surface area contributed by atoms with Crippen LogP contribution in [0.15, 0.2) is 53.4 Å². The number of thioether (sulfide) groups is 1. The third-order valence-electron chi connectivity index (χ3n) is 4.09. The number of anilines is 1. The minimum absolute atomic E-state index is 0.171. The summed E-state index contributed by atoms with van der Waals surface area (Å²) in [5.41, 5.74) is 2.43. The maximum Gasteiger partial charge on any atom is 0.293 e. The molecule has 2 aromatic carbocycles. The third kappa shape index (κ3) is 4.61. The molecule has 0 unspecified atom stereocenters. The first-order chi connectivity index (χ1) is 13.5. The number of nitrogens with one attached hydrogen (secondary N) is 1. The molecule has 0 atom stereocenters. The van der Waals surface area contributed by atoms with Crippen LogP contribution in [-0.2, 0) is 9.59 Å². The Bertz CT molecular complexity index is 938. The molecule has 0 radical (unpaired) electrons. The number of hydrogen-bond acceptors (Lipinski definition) is 5. The average Bonchev–Trinajstić information content (AvgIpc) is 2.95. The van der Waals surface area contributed by atoms with E-state index < -0.39 is 0 Å². The zero-order valence-electron chi connectivity index (χ0n) is 15.6. The molecule has 0 spiro atoms. The number of benzene rings is 2. The highest BCUT2D eigenvalue weighted by Gasteiger charge is 2.33. The molecule has 1 heterocycles. The molecule has 1 aliphatic heterocycles. The van der Waals surface area contributed by atoms with Crippen LogP contribution in [0.4, 0.5) is 10.5 Å². The van der Waals surface area contributed by atoms with Crippen molar-refractivity contribution in [2.24, 2.45) is 0 Å². The minimum atomic E-state index is -0.315. The van der Waals surface area contributed by atoms with Crippen molar-refractivity contribution in [2.45, 2.75) is 13.8 Å². The van der Waals surface area contributed by atoms with Crippen LogP contribution in [-0.4, -0.2) is 35.1 Å². The number of amides is 3. The van der Waals surface area contributed by atoms with Crippen LogP contribution in [0, 0.1) is 6.92 Å². The van der Waals surface area contributed by atoms with Gasteiger partial charge in [0.1, 0.15) is 5.75 Å². The van der Waals surface area contributed by atoms with Crippen LogP contribution in [0.2, 0.25) is 0 Å². The fraction of sp³-hybridized carbons (Fsp3) is 0.190. The Balaban J connectivity index is 1.68. The monoisotopic (exact) mass is 396 g/mol. The fourth-order valence-electron chi connectivity index (χ4n) is 2.62. The van der Waals surface area contributed by atoms with Gasteiger partial charge in [0.2, 0.25) is 0 Å². The zero-order valence-corrected chi connectivity index (χ0v) is 16.4. The van der Waals surface area contributed by atoms with Gasteiger partial charge in [-0.25, -0.2) is 0 Å². The maximum absolute atomic E-state index is 12.3. The number of ether oxygens (including phenoxy) is 1. The SMILES string of the molecule is CCN1C(=O)S/C(=C/c2ccccc2OCC(=O)Nc2ccc(C)cc2)C1=O. The molecule has 0 saturated carbocycles. The van der Waals surface area contributed by atoms with Crippen molar-refractivity contribution in [3.05, 3.63) is 64.6 Å².